The summed E-state index contributed by atoms with van der Waals surface area (Å²) in [6, 6.07) is 0. The molecule has 3 N–H and O–H groups in total. The van der Waals surface area contributed by atoms with E-state index in [0.717, 1.165) is 57.8 Å². The van der Waals surface area contributed by atoms with E-state index >= 15 is 0 Å². The molecule has 0 aliphatic rings. The average molecular weight is 665 g/mol. The van der Waals surface area contributed by atoms with Gasteiger partial charge in [0.2, 0.25) is 0 Å². The highest BCUT2D eigenvalue weighted by atomic mass is 31.2. The molecule has 45 heavy (non-hydrogen) atoms. The number of aliphatic hydroxyl groups excluding tert-OH is 2. The molecule has 0 saturated carbocycles. The molecule has 0 fully saturated rings. The van der Waals surface area contributed by atoms with Crippen molar-refractivity contribution in [2.45, 2.75) is 167 Å². The van der Waals surface area contributed by atoms with Gasteiger partial charge in [-0.15, -0.1) is 0 Å². The number of hydrogen-bond acceptors (Lipinski definition) is 9. The molecule has 266 valence electrons. The van der Waals surface area contributed by atoms with Crippen LogP contribution in [0.3, 0.4) is 0 Å². The number of rotatable bonds is 33. The van der Waals surface area contributed by atoms with Gasteiger partial charge in [0.15, 0.2) is 6.10 Å². The standard InChI is InChI=1S/C34H65O10P/c1-3-5-7-9-11-13-14-15-16-17-18-20-22-24-26-34(38)44-32(30-43-45(39,40)42-28-31(36)27-35)29-41-33(37)25-23-21-19-12-10-8-6-4-2/h14-15,31-32,35-36H,3-13,16-30H2,1-2H3,(H,39,40)/b15-14+/t31-,32+/m0/s1. The van der Waals surface area contributed by atoms with Gasteiger partial charge in [0.25, 0.3) is 0 Å². The summed E-state index contributed by atoms with van der Waals surface area (Å²) in [5, 5.41) is 18.2. The van der Waals surface area contributed by atoms with E-state index < -0.39 is 51.8 Å². The third-order valence-electron chi connectivity index (χ3n) is 7.42. The van der Waals surface area contributed by atoms with Gasteiger partial charge in [0, 0.05) is 12.8 Å². The summed E-state index contributed by atoms with van der Waals surface area (Å²) in [7, 11) is -4.60. The normalized spacial score (nSPS) is 14.3. The lowest BCUT2D eigenvalue weighted by molar-refractivity contribution is -0.161. The van der Waals surface area contributed by atoms with Crippen LogP contribution < -0.4 is 0 Å². The predicted octanol–water partition coefficient (Wildman–Crippen LogP) is 8.11. The van der Waals surface area contributed by atoms with Crippen molar-refractivity contribution >= 4 is 19.8 Å². The number of aliphatic hydroxyl groups is 2. The minimum Gasteiger partial charge on any atom is -0.462 e. The van der Waals surface area contributed by atoms with E-state index in [4.69, 9.17) is 19.1 Å². The first-order chi connectivity index (χ1) is 21.7. The van der Waals surface area contributed by atoms with Crippen LogP contribution in [-0.4, -0.2) is 65.7 Å². The monoisotopic (exact) mass is 664 g/mol. The highest BCUT2D eigenvalue weighted by Crippen LogP contribution is 2.43. The fourth-order valence-electron chi connectivity index (χ4n) is 4.63. The lowest BCUT2D eigenvalue weighted by atomic mass is 10.1. The van der Waals surface area contributed by atoms with Gasteiger partial charge in [0.1, 0.15) is 12.7 Å². The molecule has 1 unspecified atom stereocenters. The quantitative estimate of drug-likeness (QED) is 0.0272. The van der Waals surface area contributed by atoms with Gasteiger partial charge in [-0.1, -0.05) is 116 Å². The molecule has 0 spiro atoms. The van der Waals surface area contributed by atoms with Gasteiger partial charge in [-0.25, -0.2) is 4.57 Å². The first kappa shape index (κ1) is 43.7. The topological polar surface area (TPSA) is 149 Å². The number of phosphoric acid groups is 1. The van der Waals surface area contributed by atoms with Crippen LogP contribution in [0.4, 0.5) is 0 Å². The van der Waals surface area contributed by atoms with E-state index in [9.17, 15) is 24.2 Å². The van der Waals surface area contributed by atoms with Crippen molar-refractivity contribution in [1.29, 1.82) is 0 Å². The number of esters is 2. The molecule has 3 atom stereocenters. The number of ether oxygens (including phenoxy) is 2. The summed E-state index contributed by atoms with van der Waals surface area (Å²) < 4.78 is 32.4. The zero-order valence-corrected chi connectivity index (χ0v) is 29.2. The molecule has 11 heteroatoms. The van der Waals surface area contributed by atoms with Crippen LogP contribution in [0.5, 0.6) is 0 Å². The Bertz CT molecular complexity index is 776. The average Bonchev–Trinajstić information content (AvgIpc) is 3.02. The van der Waals surface area contributed by atoms with Crippen molar-refractivity contribution in [2.75, 3.05) is 26.4 Å². The van der Waals surface area contributed by atoms with Gasteiger partial charge in [-0.2, -0.15) is 0 Å². The molecule has 0 aliphatic carbocycles. The molecular weight excluding hydrogens is 599 g/mol. The van der Waals surface area contributed by atoms with Crippen molar-refractivity contribution in [3.8, 4) is 0 Å². The van der Waals surface area contributed by atoms with E-state index in [-0.39, 0.29) is 19.4 Å². The Balaban J connectivity index is 4.40. The zero-order chi connectivity index (χ0) is 33.4. The summed E-state index contributed by atoms with van der Waals surface area (Å²) in [5.74, 6) is -0.938. The Morgan fingerprint density at radius 2 is 1.09 bits per heavy atom. The summed E-state index contributed by atoms with van der Waals surface area (Å²) in [6.45, 7) is 2.30. The van der Waals surface area contributed by atoms with Crippen molar-refractivity contribution in [2.24, 2.45) is 0 Å². The molecule has 0 rings (SSSR count). The fourth-order valence-corrected chi connectivity index (χ4v) is 5.42. The maximum Gasteiger partial charge on any atom is 0.472 e. The molecular formula is C34H65O10P. The zero-order valence-electron chi connectivity index (χ0n) is 28.3. The minimum absolute atomic E-state index is 0.177. The van der Waals surface area contributed by atoms with Crippen molar-refractivity contribution in [1.82, 2.24) is 0 Å². The third kappa shape index (κ3) is 31.1. The number of unbranched alkanes of at least 4 members (excludes halogenated alkanes) is 17. The van der Waals surface area contributed by atoms with Crippen LogP contribution in [-0.2, 0) is 32.7 Å². The Morgan fingerprint density at radius 3 is 1.60 bits per heavy atom. The second-order valence-electron chi connectivity index (χ2n) is 11.9. The number of carbonyl (C=O) groups excluding carboxylic acids is 2. The summed E-state index contributed by atoms with van der Waals surface area (Å²) in [5.41, 5.74) is 0. The molecule has 0 aliphatic heterocycles. The van der Waals surface area contributed by atoms with Crippen LogP contribution in [0.25, 0.3) is 0 Å². The number of phosphoric ester groups is 1. The number of carbonyl (C=O) groups is 2. The lowest BCUT2D eigenvalue weighted by Crippen LogP contribution is -2.29. The summed E-state index contributed by atoms with van der Waals surface area (Å²) in [6.07, 6.45) is 24.8. The van der Waals surface area contributed by atoms with Crippen molar-refractivity contribution < 1.29 is 47.8 Å². The maximum absolute atomic E-state index is 12.5. The first-order valence-corrected chi connectivity index (χ1v) is 19.1. The highest BCUT2D eigenvalue weighted by Gasteiger charge is 2.27. The molecule has 0 amide bonds. The van der Waals surface area contributed by atoms with Crippen molar-refractivity contribution in [3.05, 3.63) is 12.2 Å². The molecule has 0 heterocycles. The van der Waals surface area contributed by atoms with Gasteiger partial charge in [0.05, 0.1) is 19.8 Å². The molecule has 0 bridgehead atoms. The Kier molecular flexibility index (Phi) is 30.4. The molecule has 10 nitrogen and oxygen atoms in total. The Morgan fingerprint density at radius 1 is 0.644 bits per heavy atom. The molecule has 0 radical (unpaired) electrons. The largest absolute Gasteiger partial charge is 0.472 e. The lowest BCUT2D eigenvalue weighted by Gasteiger charge is -2.20. The van der Waals surface area contributed by atoms with Crippen molar-refractivity contribution in [3.63, 3.8) is 0 Å². The molecule has 0 aromatic carbocycles. The van der Waals surface area contributed by atoms with Gasteiger partial charge < -0.3 is 24.6 Å². The smallest absolute Gasteiger partial charge is 0.462 e. The van der Waals surface area contributed by atoms with Crippen LogP contribution in [0, 0.1) is 0 Å². The highest BCUT2D eigenvalue weighted by molar-refractivity contribution is 7.47. The SMILES string of the molecule is CCCCCCC/C=C/CCCCCCCC(=O)O[C@H](COC(=O)CCCCCCCCCC)COP(=O)(O)OC[C@@H](O)CO. The summed E-state index contributed by atoms with van der Waals surface area (Å²) in [4.78, 5) is 34.6. The van der Waals surface area contributed by atoms with Crippen LogP contribution >= 0.6 is 7.82 Å². The van der Waals surface area contributed by atoms with Gasteiger partial charge >= 0.3 is 19.8 Å². The van der Waals surface area contributed by atoms with Crippen LogP contribution in [0.2, 0.25) is 0 Å². The van der Waals surface area contributed by atoms with Crippen LogP contribution in [0.15, 0.2) is 12.2 Å². The maximum atomic E-state index is 12.5. The van der Waals surface area contributed by atoms with E-state index in [1.165, 1.54) is 57.8 Å². The fraction of sp³-hybridized carbons (Fsp3) is 0.882. The van der Waals surface area contributed by atoms with E-state index in [1.807, 2.05) is 0 Å². The van der Waals surface area contributed by atoms with E-state index in [1.54, 1.807) is 0 Å². The second kappa shape index (κ2) is 31.3. The number of hydrogen-bond donors (Lipinski definition) is 3. The molecule has 0 aromatic heterocycles. The van der Waals surface area contributed by atoms with Crippen LogP contribution in [0.1, 0.15) is 155 Å². The molecule has 0 aromatic rings. The van der Waals surface area contributed by atoms with Gasteiger partial charge in [-0.05, 0) is 38.5 Å². The first-order valence-electron chi connectivity index (χ1n) is 17.6. The Hall–Kier alpha value is -1.29. The summed E-state index contributed by atoms with van der Waals surface area (Å²) >= 11 is 0. The third-order valence-corrected chi connectivity index (χ3v) is 8.37. The molecule has 0 saturated heterocycles. The van der Waals surface area contributed by atoms with Gasteiger partial charge in [-0.3, -0.25) is 18.6 Å². The minimum atomic E-state index is -4.60. The number of allylic oxidation sites excluding steroid dienone is 2. The van der Waals surface area contributed by atoms with E-state index in [2.05, 4.69) is 30.5 Å². The van der Waals surface area contributed by atoms with E-state index in [0.29, 0.717) is 12.8 Å². The second-order valence-corrected chi connectivity index (χ2v) is 13.4. The Labute approximate surface area is 273 Å². The predicted molar refractivity (Wildman–Crippen MR) is 178 cm³/mol.